The van der Waals surface area contributed by atoms with E-state index in [-0.39, 0.29) is 0 Å². The number of carbonyl (C=O) groups is 1. The molecule has 0 N–H and O–H groups in total. The lowest BCUT2D eigenvalue weighted by Crippen LogP contribution is -1.97. The minimum Gasteiger partial charge on any atom is -0.473 e. The summed E-state index contributed by atoms with van der Waals surface area (Å²) in [5.74, 6) is 0.644. The smallest absolute Gasteiger partial charge is 0.213 e. The van der Waals surface area contributed by atoms with Gasteiger partial charge in [0.15, 0.2) is 0 Å². The normalized spacial score (nSPS) is 10.2. The Morgan fingerprint density at radius 1 is 1.16 bits per heavy atom. The van der Waals surface area contributed by atoms with Crippen LogP contribution in [0.4, 0.5) is 0 Å². The summed E-state index contributed by atoms with van der Waals surface area (Å²) in [4.78, 5) is 14.5. The Kier molecular flexibility index (Phi) is 4.67. The molecule has 1 aromatic carbocycles. The van der Waals surface area contributed by atoms with Crippen molar-refractivity contribution in [2.24, 2.45) is 0 Å². The predicted octanol–water partition coefficient (Wildman–Crippen LogP) is 3.10. The quantitative estimate of drug-likeness (QED) is 0.744. The third-order valence-corrected chi connectivity index (χ3v) is 2.85. The van der Waals surface area contributed by atoms with Crippen LogP contribution in [0.25, 0.3) is 0 Å². The Balaban J connectivity index is 1.91. The number of hydrogen-bond acceptors (Lipinski definition) is 3. The molecule has 1 aromatic heterocycles. The molecule has 0 spiro atoms. The summed E-state index contributed by atoms with van der Waals surface area (Å²) in [6.07, 6.45) is 4.06. The topological polar surface area (TPSA) is 39.2 Å². The number of hydrogen-bond donors (Lipinski definition) is 0. The molecule has 3 nitrogen and oxygen atoms in total. The molecule has 0 amide bonds. The van der Waals surface area contributed by atoms with Crippen LogP contribution < -0.4 is 4.74 Å². The molecule has 19 heavy (non-hydrogen) atoms. The monoisotopic (exact) mass is 255 g/mol. The summed E-state index contributed by atoms with van der Waals surface area (Å²) in [5, 5.41) is 0. The molecule has 0 atom stereocenters. The Labute approximate surface area is 113 Å². The summed E-state index contributed by atoms with van der Waals surface area (Å²) < 4.78 is 5.63. The number of pyridine rings is 1. The number of benzene rings is 1. The van der Waals surface area contributed by atoms with Crippen molar-refractivity contribution in [3.63, 3.8) is 0 Å². The van der Waals surface area contributed by atoms with E-state index in [0.29, 0.717) is 18.9 Å². The molecule has 2 aromatic rings. The van der Waals surface area contributed by atoms with Crippen molar-refractivity contribution < 1.29 is 9.53 Å². The molecule has 1 heterocycles. The largest absolute Gasteiger partial charge is 0.473 e. The Morgan fingerprint density at radius 3 is 2.58 bits per heavy atom. The average Bonchev–Trinajstić information content (AvgIpc) is 2.44. The number of aldehydes is 1. The first kappa shape index (κ1) is 13.3. The van der Waals surface area contributed by atoms with Crippen LogP contribution in [0, 0.1) is 6.92 Å². The van der Waals surface area contributed by atoms with E-state index in [2.05, 4.69) is 4.98 Å². The van der Waals surface area contributed by atoms with Crippen LogP contribution >= 0.6 is 0 Å². The maximum atomic E-state index is 10.3. The molecule has 0 aliphatic carbocycles. The van der Waals surface area contributed by atoms with Gasteiger partial charge < -0.3 is 9.53 Å². The van der Waals surface area contributed by atoms with Crippen LogP contribution in [0.2, 0.25) is 0 Å². The first-order chi connectivity index (χ1) is 9.28. The number of nitrogens with zero attached hydrogens (tertiary/aromatic N) is 1. The van der Waals surface area contributed by atoms with Gasteiger partial charge in [0.25, 0.3) is 0 Å². The van der Waals surface area contributed by atoms with Gasteiger partial charge in [-0.15, -0.1) is 0 Å². The van der Waals surface area contributed by atoms with Crippen molar-refractivity contribution >= 4 is 6.29 Å². The maximum absolute atomic E-state index is 10.3. The van der Waals surface area contributed by atoms with Crippen LogP contribution in [-0.4, -0.2) is 11.3 Å². The van der Waals surface area contributed by atoms with Crippen molar-refractivity contribution in [1.82, 2.24) is 4.98 Å². The second-order valence-electron chi connectivity index (χ2n) is 4.48. The summed E-state index contributed by atoms with van der Waals surface area (Å²) in [5.41, 5.74) is 3.40. The highest BCUT2D eigenvalue weighted by Gasteiger charge is 1.98. The maximum Gasteiger partial charge on any atom is 0.213 e. The highest BCUT2D eigenvalue weighted by molar-refractivity contribution is 5.50. The molecular weight excluding hydrogens is 238 g/mol. The standard InChI is InChI=1S/C16H17NO2/c1-13-8-9-17-16(11-13)19-12-15-6-4-14(5-7-15)3-2-10-18/h4-11H,2-3,12H2,1H3. The van der Waals surface area contributed by atoms with Gasteiger partial charge in [0.05, 0.1) is 0 Å². The fraction of sp³-hybridized carbons (Fsp3) is 0.250. The minimum atomic E-state index is 0.504. The van der Waals surface area contributed by atoms with Gasteiger partial charge in [-0.2, -0.15) is 0 Å². The first-order valence-corrected chi connectivity index (χ1v) is 6.35. The Hall–Kier alpha value is -2.16. The average molecular weight is 255 g/mol. The lowest BCUT2D eigenvalue weighted by molar-refractivity contribution is -0.107. The number of carbonyl (C=O) groups excluding carboxylic acids is 1. The summed E-state index contributed by atoms with van der Waals surface area (Å²) in [6.45, 7) is 2.51. The number of aromatic nitrogens is 1. The molecule has 98 valence electrons. The molecule has 0 radical (unpaired) electrons. The predicted molar refractivity (Wildman–Crippen MR) is 74.1 cm³/mol. The van der Waals surface area contributed by atoms with E-state index >= 15 is 0 Å². The summed E-state index contributed by atoms with van der Waals surface area (Å²) in [6, 6.07) is 12.0. The lowest BCUT2D eigenvalue weighted by Gasteiger charge is -2.06. The zero-order chi connectivity index (χ0) is 13.5. The zero-order valence-corrected chi connectivity index (χ0v) is 11.0. The second kappa shape index (κ2) is 6.69. The van der Waals surface area contributed by atoms with Crippen molar-refractivity contribution in [3.8, 4) is 5.88 Å². The van der Waals surface area contributed by atoms with Crippen molar-refractivity contribution in [1.29, 1.82) is 0 Å². The molecule has 0 unspecified atom stereocenters. The van der Waals surface area contributed by atoms with E-state index in [9.17, 15) is 4.79 Å². The molecule has 0 aliphatic rings. The van der Waals surface area contributed by atoms with Crippen molar-refractivity contribution in [3.05, 3.63) is 59.3 Å². The molecular formula is C16H17NO2. The van der Waals surface area contributed by atoms with Crippen LogP contribution in [-0.2, 0) is 17.8 Å². The summed E-state index contributed by atoms with van der Waals surface area (Å²) >= 11 is 0. The zero-order valence-electron chi connectivity index (χ0n) is 11.0. The van der Waals surface area contributed by atoms with E-state index in [1.165, 1.54) is 5.56 Å². The van der Waals surface area contributed by atoms with Crippen LogP contribution in [0.5, 0.6) is 5.88 Å². The second-order valence-corrected chi connectivity index (χ2v) is 4.48. The fourth-order valence-corrected chi connectivity index (χ4v) is 1.77. The number of rotatable bonds is 6. The third-order valence-electron chi connectivity index (χ3n) is 2.85. The molecule has 0 saturated carbocycles. The summed E-state index contributed by atoms with van der Waals surface area (Å²) in [7, 11) is 0. The SMILES string of the molecule is Cc1ccnc(OCc2ccc(CCC=O)cc2)c1. The highest BCUT2D eigenvalue weighted by atomic mass is 16.5. The molecule has 0 fully saturated rings. The van der Waals surface area contributed by atoms with Gasteiger partial charge in [0, 0.05) is 18.7 Å². The fourth-order valence-electron chi connectivity index (χ4n) is 1.77. The van der Waals surface area contributed by atoms with E-state index in [4.69, 9.17) is 4.74 Å². The van der Waals surface area contributed by atoms with Crippen LogP contribution in [0.15, 0.2) is 42.6 Å². The molecule has 0 bridgehead atoms. The minimum absolute atomic E-state index is 0.504. The van der Waals surface area contributed by atoms with E-state index in [1.807, 2.05) is 43.3 Å². The van der Waals surface area contributed by atoms with Gasteiger partial charge in [0.2, 0.25) is 5.88 Å². The number of aryl methyl sites for hydroxylation is 2. The van der Waals surface area contributed by atoms with Gasteiger partial charge in [0.1, 0.15) is 12.9 Å². The van der Waals surface area contributed by atoms with Gasteiger partial charge in [-0.3, -0.25) is 0 Å². The van der Waals surface area contributed by atoms with Gasteiger partial charge in [-0.1, -0.05) is 24.3 Å². The van der Waals surface area contributed by atoms with E-state index in [0.717, 1.165) is 23.8 Å². The Morgan fingerprint density at radius 2 is 1.89 bits per heavy atom. The molecule has 3 heteroatoms. The molecule has 0 saturated heterocycles. The Bertz CT molecular complexity index is 535. The third kappa shape index (κ3) is 4.21. The van der Waals surface area contributed by atoms with Gasteiger partial charge in [-0.25, -0.2) is 4.98 Å². The van der Waals surface area contributed by atoms with Gasteiger partial charge >= 0.3 is 0 Å². The highest BCUT2D eigenvalue weighted by Crippen LogP contribution is 2.12. The van der Waals surface area contributed by atoms with E-state index < -0.39 is 0 Å². The lowest BCUT2D eigenvalue weighted by atomic mass is 10.1. The van der Waals surface area contributed by atoms with Gasteiger partial charge in [-0.05, 0) is 36.1 Å². The van der Waals surface area contributed by atoms with E-state index in [1.54, 1.807) is 6.20 Å². The van der Waals surface area contributed by atoms with Crippen molar-refractivity contribution in [2.45, 2.75) is 26.4 Å². The van der Waals surface area contributed by atoms with Crippen molar-refractivity contribution in [2.75, 3.05) is 0 Å². The molecule has 2 rings (SSSR count). The molecule has 0 aliphatic heterocycles. The number of ether oxygens (including phenoxy) is 1. The first-order valence-electron chi connectivity index (χ1n) is 6.35. The van der Waals surface area contributed by atoms with Crippen LogP contribution in [0.1, 0.15) is 23.1 Å². The van der Waals surface area contributed by atoms with Crippen LogP contribution in [0.3, 0.4) is 0 Å².